The van der Waals surface area contributed by atoms with E-state index in [1.54, 1.807) is 24.3 Å². The van der Waals surface area contributed by atoms with Crippen LogP contribution in [-0.2, 0) is 9.53 Å². The molecule has 0 amide bonds. The maximum Gasteiger partial charge on any atom is 0.363 e. The number of esters is 1. The lowest BCUT2D eigenvalue weighted by Crippen LogP contribution is -2.07. The second-order valence-corrected chi connectivity index (χ2v) is 5.24. The first-order chi connectivity index (χ1) is 12.6. The van der Waals surface area contributed by atoms with Gasteiger partial charge in [0.05, 0.1) is 26.9 Å². The third kappa shape index (κ3) is 3.11. The number of hydrogen-bond acceptors (Lipinski definition) is 6. The van der Waals surface area contributed by atoms with Gasteiger partial charge < -0.3 is 18.9 Å². The maximum absolute atomic E-state index is 13.9. The van der Waals surface area contributed by atoms with E-state index in [1.807, 2.05) is 0 Å². The van der Waals surface area contributed by atoms with Crippen molar-refractivity contribution in [1.29, 1.82) is 0 Å². The Morgan fingerprint density at radius 1 is 1.00 bits per heavy atom. The summed E-state index contributed by atoms with van der Waals surface area (Å²) in [5, 5.41) is 0. The van der Waals surface area contributed by atoms with Crippen molar-refractivity contribution in [2.45, 2.75) is 0 Å². The maximum atomic E-state index is 13.9. The van der Waals surface area contributed by atoms with Gasteiger partial charge in [-0.15, -0.1) is 0 Å². The normalized spacial score (nSPS) is 14.8. The highest BCUT2D eigenvalue weighted by Gasteiger charge is 2.27. The van der Waals surface area contributed by atoms with Crippen molar-refractivity contribution < 1.29 is 28.1 Å². The highest BCUT2D eigenvalue weighted by molar-refractivity contribution is 6.13. The molecule has 0 saturated heterocycles. The molecular formula is C19H16FNO5. The first-order valence-electron chi connectivity index (χ1n) is 7.65. The molecule has 1 aliphatic rings. The van der Waals surface area contributed by atoms with Crippen LogP contribution in [0.2, 0.25) is 0 Å². The molecule has 0 aromatic heterocycles. The standard InChI is InChI=1S/C19H16FNO5/c1-23-15-9-8-11(16(24-2)17(15)25-3)10-14-19(22)26-18(21-14)12-6-4-5-7-13(12)20/h4-10H,1-3H3/b14-10-. The summed E-state index contributed by atoms with van der Waals surface area (Å²) in [6, 6.07) is 9.30. The van der Waals surface area contributed by atoms with Crippen LogP contribution in [0.5, 0.6) is 17.2 Å². The molecule has 2 aromatic rings. The van der Waals surface area contributed by atoms with Crippen molar-refractivity contribution >= 4 is 17.9 Å². The molecule has 6 nitrogen and oxygen atoms in total. The molecule has 0 unspecified atom stereocenters. The minimum Gasteiger partial charge on any atom is -0.493 e. The number of aliphatic imine (C=N–C) groups is 1. The van der Waals surface area contributed by atoms with Gasteiger partial charge in [0.2, 0.25) is 11.6 Å². The summed E-state index contributed by atoms with van der Waals surface area (Å²) in [4.78, 5) is 16.2. The summed E-state index contributed by atoms with van der Waals surface area (Å²) < 4.78 is 34.9. The van der Waals surface area contributed by atoms with Crippen molar-refractivity contribution in [3.63, 3.8) is 0 Å². The van der Waals surface area contributed by atoms with E-state index in [1.165, 1.54) is 39.5 Å². The van der Waals surface area contributed by atoms with E-state index in [9.17, 15) is 9.18 Å². The van der Waals surface area contributed by atoms with Crippen LogP contribution in [0.3, 0.4) is 0 Å². The van der Waals surface area contributed by atoms with Crippen molar-refractivity contribution in [3.05, 3.63) is 59.0 Å². The summed E-state index contributed by atoms with van der Waals surface area (Å²) in [5.74, 6) is -0.0466. The number of nitrogens with zero attached hydrogens (tertiary/aromatic N) is 1. The van der Waals surface area contributed by atoms with Gasteiger partial charge in [-0.05, 0) is 30.3 Å². The predicted octanol–water partition coefficient (Wildman–Crippen LogP) is 3.20. The fraction of sp³-hybridized carbons (Fsp3) is 0.158. The molecule has 2 aromatic carbocycles. The highest BCUT2D eigenvalue weighted by atomic mass is 19.1. The lowest BCUT2D eigenvalue weighted by atomic mass is 10.1. The van der Waals surface area contributed by atoms with Gasteiger partial charge in [-0.25, -0.2) is 14.2 Å². The zero-order chi connectivity index (χ0) is 18.7. The highest BCUT2D eigenvalue weighted by Crippen LogP contribution is 2.40. The average Bonchev–Trinajstić information content (AvgIpc) is 3.01. The number of rotatable bonds is 5. The fourth-order valence-corrected chi connectivity index (χ4v) is 2.54. The van der Waals surface area contributed by atoms with Crippen molar-refractivity contribution in [3.8, 4) is 17.2 Å². The molecular weight excluding hydrogens is 341 g/mol. The van der Waals surface area contributed by atoms with E-state index in [0.717, 1.165) is 0 Å². The SMILES string of the molecule is COc1ccc(/C=C2\N=C(c3ccccc3F)OC2=O)c(OC)c1OC. The predicted molar refractivity (Wildman–Crippen MR) is 93.1 cm³/mol. The largest absolute Gasteiger partial charge is 0.493 e. The number of ether oxygens (including phenoxy) is 4. The van der Waals surface area contributed by atoms with Gasteiger partial charge in [0.1, 0.15) is 5.82 Å². The zero-order valence-corrected chi connectivity index (χ0v) is 14.4. The van der Waals surface area contributed by atoms with Crippen LogP contribution in [0.4, 0.5) is 4.39 Å². The molecule has 0 atom stereocenters. The Labute approximate surface area is 149 Å². The lowest BCUT2D eigenvalue weighted by molar-refractivity contribution is -0.129. The van der Waals surface area contributed by atoms with Crippen molar-refractivity contribution in [2.75, 3.05) is 21.3 Å². The van der Waals surface area contributed by atoms with E-state index in [0.29, 0.717) is 22.8 Å². The second kappa shape index (κ2) is 7.26. The van der Waals surface area contributed by atoms with Gasteiger partial charge in [0, 0.05) is 5.56 Å². The second-order valence-electron chi connectivity index (χ2n) is 5.24. The Kier molecular flexibility index (Phi) is 4.88. The third-order valence-corrected chi connectivity index (χ3v) is 3.75. The third-order valence-electron chi connectivity index (χ3n) is 3.75. The molecule has 0 spiro atoms. The Balaban J connectivity index is 2.05. The molecule has 0 saturated carbocycles. The number of carbonyl (C=O) groups is 1. The minimum absolute atomic E-state index is 0.0220. The molecule has 0 N–H and O–H groups in total. The minimum atomic E-state index is -0.680. The molecule has 7 heteroatoms. The van der Waals surface area contributed by atoms with Crippen molar-refractivity contribution in [1.82, 2.24) is 0 Å². The first kappa shape index (κ1) is 17.5. The van der Waals surface area contributed by atoms with Crippen LogP contribution in [0, 0.1) is 5.82 Å². The summed E-state index contributed by atoms with van der Waals surface area (Å²) >= 11 is 0. The Morgan fingerprint density at radius 2 is 1.73 bits per heavy atom. The number of benzene rings is 2. The van der Waals surface area contributed by atoms with Gasteiger partial charge >= 0.3 is 5.97 Å². The molecule has 0 fully saturated rings. The Morgan fingerprint density at radius 3 is 2.38 bits per heavy atom. The lowest BCUT2D eigenvalue weighted by Gasteiger charge is -2.14. The quantitative estimate of drug-likeness (QED) is 0.607. The Hall–Kier alpha value is -3.35. The Bertz CT molecular complexity index is 920. The van der Waals surface area contributed by atoms with Crippen LogP contribution in [0.25, 0.3) is 6.08 Å². The van der Waals surface area contributed by atoms with Gasteiger partial charge in [0.15, 0.2) is 17.2 Å². The van der Waals surface area contributed by atoms with Crippen LogP contribution in [0.15, 0.2) is 47.1 Å². The van der Waals surface area contributed by atoms with Crippen molar-refractivity contribution in [2.24, 2.45) is 4.99 Å². The van der Waals surface area contributed by atoms with Crippen LogP contribution < -0.4 is 14.2 Å². The molecule has 26 heavy (non-hydrogen) atoms. The smallest absolute Gasteiger partial charge is 0.363 e. The number of halogens is 1. The van der Waals surface area contributed by atoms with E-state index < -0.39 is 11.8 Å². The van der Waals surface area contributed by atoms with Crippen LogP contribution in [-0.4, -0.2) is 33.2 Å². The van der Waals surface area contributed by atoms with E-state index in [4.69, 9.17) is 18.9 Å². The van der Waals surface area contributed by atoms with Gasteiger partial charge in [0.25, 0.3) is 0 Å². The van der Waals surface area contributed by atoms with Gasteiger partial charge in [-0.2, -0.15) is 0 Å². The van der Waals surface area contributed by atoms with Crippen LogP contribution >= 0.6 is 0 Å². The molecule has 0 bridgehead atoms. The summed E-state index contributed by atoms with van der Waals surface area (Å²) in [6.07, 6.45) is 1.48. The number of cyclic esters (lactones) is 1. The number of methoxy groups -OCH3 is 3. The van der Waals surface area contributed by atoms with E-state index >= 15 is 0 Å². The van der Waals surface area contributed by atoms with Crippen LogP contribution in [0.1, 0.15) is 11.1 Å². The first-order valence-corrected chi connectivity index (χ1v) is 7.65. The summed E-state index contributed by atoms with van der Waals surface area (Å²) in [5.41, 5.74) is 0.674. The molecule has 134 valence electrons. The molecule has 0 radical (unpaired) electrons. The molecule has 1 aliphatic heterocycles. The molecule has 1 heterocycles. The van der Waals surface area contributed by atoms with E-state index in [2.05, 4.69) is 4.99 Å². The van der Waals surface area contributed by atoms with Gasteiger partial charge in [-0.1, -0.05) is 12.1 Å². The average molecular weight is 357 g/mol. The summed E-state index contributed by atoms with van der Waals surface area (Å²) in [6.45, 7) is 0. The molecule has 3 rings (SSSR count). The zero-order valence-electron chi connectivity index (χ0n) is 14.4. The topological polar surface area (TPSA) is 66.4 Å². The fourth-order valence-electron chi connectivity index (χ4n) is 2.54. The summed E-state index contributed by atoms with van der Waals surface area (Å²) in [7, 11) is 4.46. The van der Waals surface area contributed by atoms with Gasteiger partial charge in [-0.3, -0.25) is 0 Å². The molecule has 0 aliphatic carbocycles. The number of hydrogen-bond donors (Lipinski definition) is 0. The van der Waals surface area contributed by atoms with E-state index in [-0.39, 0.29) is 17.2 Å². The number of carbonyl (C=O) groups excluding carboxylic acids is 1. The monoisotopic (exact) mass is 357 g/mol.